The van der Waals surface area contributed by atoms with Gasteiger partial charge in [0.2, 0.25) is 0 Å². The molecule has 0 atom stereocenters. The largest absolute Gasteiger partial charge is 0.459 e. The molecule has 0 heterocycles. The van der Waals surface area contributed by atoms with Gasteiger partial charge in [-0.15, -0.1) is 0 Å². The molecule has 0 aliphatic heterocycles. The third-order valence-electron chi connectivity index (χ3n) is 2.46. The fourth-order valence-corrected chi connectivity index (χ4v) is 1.60. The van der Waals surface area contributed by atoms with Crippen molar-refractivity contribution in [3.63, 3.8) is 0 Å². The van der Waals surface area contributed by atoms with Gasteiger partial charge in [-0.2, -0.15) is 0 Å². The molecule has 0 bridgehead atoms. The molecule has 0 saturated heterocycles. The maximum atomic E-state index is 11.9. The molecule has 6 heteroatoms. The number of rotatable bonds is 5. The van der Waals surface area contributed by atoms with E-state index in [-0.39, 0.29) is 18.8 Å². The number of carbonyl (C=O) groups excluding carboxylic acids is 2. The summed E-state index contributed by atoms with van der Waals surface area (Å²) in [6.07, 6.45) is -0.916. The fraction of sp³-hybridized carbons (Fsp3) is 0.467. The third kappa shape index (κ3) is 5.72. The number of anilines is 1. The lowest BCUT2D eigenvalue weighted by Crippen LogP contribution is -2.26. The van der Waals surface area contributed by atoms with Gasteiger partial charge in [-0.25, -0.2) is 9.59 Å². The molecule has 1 aromatic rings. The van der Waals surface area contributed by atoms with E-state index in [1.54, 1.807) is 45.9 Å². The van der Waals surface area contributed by atoms with Crippen molar-refractivity contribution in [3.8, 4) is 0 Å². The number of hydrogen-bond donors (Lipinski definition) is 2. The molecule has 6 nitrogen and oxygen atoms in total. The van der Waals surface area contributed by atoms with E-state index >= 15 is 0 Å². The Balaban J connectivity index is 2.73. The lowest BCUT2D eigenvalue weighted by Gasteiger charge is -2.12. The quantitative estimate of drug-likeness (QED) is 0.643. The Kier molecular flexibility index (Phi) is 6.02. The summed E-state index contributed by atoms with van der Waals surface area (Å²) in [5, 5.41) is 2.60. The van der Waals surface area contributed by atoms with Crippen LogP contribution in [0.1, 0.15) is 43.6 Å². The molecule has 21 heavy (non-hydrogen) atoms. The summed E-state index contributed by atoms with van der Waals surface area (Å²) < 4.78 is 10.1. The summed E-state index contributed by atoms with van der Waals surface area (Å²) in [6.45, 7) is 7.31. The number of nitrogen functional groups attached to an aromatic ring is 1. The van der Waals surface area contributed by atoms with Crippen molar-refractivity contribution in [1.82, 2.24) is 5.32 Å². The first-order valence-corrected chi connectivity index (χ1v) is 6.83. The van der Waals surface area contributed by atoms with Crippen molar-refractivity contribution in [3.05, 3.63) is 29.3 Å². The van der Waals surface area contributed by atoms with Crippen molar-refractivity contribution in [1.29, 1.82) is 0 Å². The van der Waals surface area contributed by atoms with E-state index in [9.17, 15) is 9.59 Å². The molecule has 0 radical (unpaired) electrons. The van der Waals surface area contributed by atoms with Gasteiger partial charge in [0.1, 0.15) is 0 Å². The van der Waals surface area contributed by atoms with Crippen LogP contribution in [0, 0.1) is 0 Å². The van der Waals surface area contributed by atoms with Crippen molar-refractivity contribution >= 4 is 17.7 Å². The summed E-state index contributed by atoms with van der Waals surface area (Å²) in [7, 11) is 0. The van der Waals surface area contributed by atoms with Gasteiger partial charge in [0.15, 0.2) is 0 Å². The molecule has 1 amide bonds. The minimum atomic E-state index is -0.506. The van der Waals surface area contributed by atoms with Crippen LogP contribution in [0.15, 0.2) is 18.2 Å². The van der Waals surface area contributed by atoms with Crippen molar-refractivity contribution in [2.75, 3.05) is 5.73 Å². The van der Waals surface area contributed by atoms with Gasteiger partial charge < -0.3 is 20.5 Å². The second-order valence-corrected chi connectivity index (χ2v) is 5.18. The van der Waals surface area contributed by atoms with E-state index in [1.807, 2.05) is 0 Å². The second kappa shape index (κ2) is 7.52. The first-order chi connectivity index (χ1) is 9.79. The number of nitrogens with two attached hydrogens (primary N) is 1. The average Bonchev–Trinajstić information content (AvgIpc) is 2.36. The van der Waals surface area contributed by atoms with Crippen LogP contribution in [0.2, 0.25) is 0 Å². The molecule has 1 rings (SSSR count). The Morgan fingerprint density at radius 2 is 1.76 bits per heavy atom. The van der Waals surface area contributed by atoms with E-state index in [4.69, 9.17) is 15.2 Å². The van der Waals surface area contributed by atoms with Gasteiger partial charge in [-0.1, -0.05) is 6.07 Å². The highest BCUT2D eigenvalue weighted by Gasteiger charge is 2.14. The molecule has 0 aliphatic carbocycles. The van der Waals surface area contributed by atoms with Crippen LogP contribution < -0.4 is 11.1 Å². The number of esters is 1. The molecule has 0 aliphatic rings. The van der Waals surface area contributed by atoms with E-state index in [0.717, 1.165) is 5.56 Å². The Bertz CT molecular complexity index is 512. The predicted octanol–water partition coefficient (Wildman–Crippen LogP) is 2.47. The lowest BCUT2D eigenvalue weighted by atomic mass is 10.1. The number of benzene rings is 1. The van der Waals surface area contributed by atoms with E-state index in [1.165, 1.54) is 0 Å². The van der Waals surface area contributed by atoms with Crippen LogP contribution in [0.5, 0.6) is 0 Å². The zero-order chi connectivity index (χ0) is 16.0. The first-order valence-electron chi connectivity index (χ1n) is 6.83. The second-order valence-electron chi connectivity index (χ2n) is 5.18. The van der Waals surface area contributed by atoms with Crippen LogP contribution in [-0.2, 0) is 16.0 Å². The predicted molar refractivity (Wildman–Crippen MR) is 79.9 cm³/mol. The van der Waals surface area contributed by atoms with Gasteiger partial charge >= 0.3 is 12.1 Å². The first kappa shape index (κ1) is 16.8. The zero-order valence-corrected chi connectivity index (χ0v) is 12.8. The van der Waals surface area contributed by atoms with Crippen molar-refractivity contribution in [2.24, 2.45) is 0 Å². The SMILES string of the molecule is CC(C)OC(=O)NCc1ccc(N)c(C(=O)OC(C)C)c1. The number of carbonyl (C=O) groups is 2. The number of amides is 1. The normalized spacial score (nSPS) is 10.6. The third-order valence-corrected chi connectivity index (χ3v) is 2.46. The standard InChI is InChI=1S/C15H22N2O4/c1-9(2)20-14(18)12-7-11(5-6-13(12)16)8-17-15(19)21-10(3)4/h5-7,9-10H,8,16H2,1-4H3,(H,17,19). The highest BCUT2D eigenvalue weighted by molar-refractivity contribution is 5.95. The Labute approximate surface area is 124 Å². The minimum absolute atomic E-state index is 0.187. The van der Waals surface area contributed by atoms with Crippen molar-refractivity contribution in [2.45, 2.75) is 46.4 Å². The Morgan fingerprint density at radius 1 is 1.14 bits per heavy atom. The van der Waals surface area contributed by atoms with E-state index in [0.29, 0.717) is 11.3 Å². The molecular formula is C15H22N2O4. The number of nitrogens with one attached hydrogen (secondary N) is 1. The summed E-state index contributed by atoms with van der Waals surface area (Å²) in [6, 6.07) is 4.95. The van der Waals surface area contributed by atoms with E-state index in [2.05, 4.69) is 5.32 Å². The summed E-state index contributed by atoms with van der Waals surface area (Å²) in [5.74, 6) is -0.478. The molecule has 3 N–H and O–H groups in total. The highest BCUT2D eigenvalue weighted by Crippen LogP contribution is 2.16. The van der Waals surface area contributed by atoms with Crippen molar-refractivity contribution < 1.29 is 19.1 Å². The maximum Gasteiger partial charge on any atom is 0.407 e. The number of alkyl carbamates (subject to hydrolysis) is 1. The van der Waals surface area contributed by atoms with Gasteiger partial charge in [0.05, 0.1) is 17.8 Å². The van der Waals surface area contributed by atoms with Crippen LogP contribution >= 0.6 is 0 Å². The van der Waals surface area contributed by atoms with Gasteiger partial charge in [-0.3, -0.25) is 0 Å². The summed E-state index contributed by atoms with van der Waals surface area (Å²) >= 11 is 0. The molecule has 0 fully saturated rings. The van der Waals surface area contributed by atoms with Gasteiger partial charge in [-0.05, 0) is 45.4 Å². The average molecular weight is 294 g/mol. The molecule has 0 unspecified atom stereocenters. The summed E-state index contributed by atoms with van der Waals surface area (Å²) in [4.78, 5) is 23.3. The molecule has 0 saturated carbocycles. The van der Waals surface area contributed by atoms with Crippen LogP contribution in [0.25, 0.3) is 0 Å². The maximum absolute atomic E-state index is 11.9. The van der Waals surface area contributed by atoms with Gasteiger partial charge in [0, 0.05) is 12.2 Å². The lowest BCUT2D eigenvalue weighted by molar-refractivity contribution is 0.0379. The fourth-order valence-electron chi connectivity index (χ4n) is 1.60. The van der Waals surface area contributed by atoms with E-state index < -0.39 is 12.1 Å². The molecule has 116 valence electrons. The molecule has 1 aromatic carbocycles. The monoisotopic (exact) mass is 294 g/mol. The number of hydrogen-bond acceptors (Lipinski definition) is 5. The molecular weight excluding hydrogens is 272 g/mol. The Morgan fingerprint density at radius 3 is 2.33 bits per heavy atom. The summed E-state index contributed by atoms with van der Waals surface area (Å²) in [5.41, 5.74) is 7.15. The topological polar surface area (TPSA) is 90.6 Å². The Hall–Kier alpha value is -2.24. The molecule has 0 aromatic heterocycles. The van der Waals surface area contributed by atoms with Crippen LogP contribution in [-0.4, -0.2) is 24.3 Å². The highest BCUT2D eigenvalue weighted by atomic mass is 16.6. The molecule has 0 spiro atoms. The zero-order valence-electron chi connectivity index (χ0n) is 12.8. The van der Waals surface area contributed by atoms with Crippen LogP contribution in [0.3, 0.4) is 0 Å². The van der Waals surface area contributed by atoms with Crippen LogP contribution in [0.4, 0.5) is 10.5 Å². The minimum Gasteiger partial charge on any atom is -0.459 e. The smallest absolute Gasteiger partial charge is 0.407 e. The van der Waals surface area contributed by atoms with Gasteiger partial charge in [0.25, 0.3) is 0 Å². The number of ether oxygens (including phenoxy) is 2.